The predicted molar refractivity (Wildman–Crippen MR) is 312 cm³/mol. The summed E-state index contributed by atoms with van der Waals surface area (Å²) >= 11 is -14.9. The minimum atomic E-state index is -2.48. The number of unbranched alkanes of at least 4 members (excludes halogenated alkanes) is 9. The van der Waals surface area contributed by atoms with Gasteiger partial charge in [-0.3, -0.25) is 0 Å². The molecule has 5 saturated heterocycles. The summed E-state index contributed by atoms with van der Waals surface area (Å²) in [6.07, 6.45) is 52.5. The molecular weight excluding hydrogens is 1600 g/mol. The van der Waals surface area contributed by atoms with Crippen LogP contribution in [0.4, 0.5) is 0 Å². The zero-order chi connectivity index (χ0) is 41.1. The fourth-order valence-corrected chi connectivity index (χ4v) is 2160. The SMILES string of the molecule is C=C=C=[CH][Sn]1([CH2]CCC)[S][Sn]([CH2]CCC)([CH2]CCC)[S][Sn]([CH2]CCC)([CH2]CCC)[S]1.CCC[CH2][Sn]12[S][Sn]3([CH2]CCC)[S][Sn]([CH2]CCC)([S]1)[S][Sn]([CH2]CCC)([S]2)[S]3.[HH].[HH].[HH].[HH]. The molecular formula is C40H92S9Sn7. The number of hydrogen-bond donors (Lipinski definition) is 0. The van der Waals surface area contributed by atoms with Crippen molar-refractivity contribution in [3.05, 3.63) is 22.1 Å². The Bertz CT molecular complexity index is 1080. The van der Waals surface area contributed by atoms with Gasteiger partial charge in [0, 0.05) is 5.71 Å². The quantitative estimate of drug-likeness (QED) is 0.0550. The molecule has 0 spiro atoms. The summed E-state index contributed by atoms with van der Waals surface area (Å²) in [6, 6.07) is 0. The van der Waals surface area contributed by atoms with Gasteiger partial charge in [-0.1, -0.05) is 0 Å². The van der Waals surface area contributed by atoms with Crippen LogP contribution in [0.15, 0.2) is 22.1 Å². The molecule has 0 atom stereocenters. The van der Waals surface area contributed by atoms with E-state index in [2.05, 4.69) is 140 Å². The predicted octanol–water partition coefficient (Wildman–Crippen LogP) is 20.9. The van der Waals surface area contributed by atoms with E-state index in [4.69, 9.17) is 0 Å². The molecule has 16 heteroatoms. The standard InChI is InChI=1S/9C4H9.C4H3.9S.7Sn.4H2/c10*1-3-4-2;;;;;;;;;;;;;;;;;;;;/h9*1,3-4H2,2H3;1H,2H2;;;;;;;;;;;;;;;;;4*1H. The van der Waals surface area contributed by atoms with Gasteiger partial charge in [0.1, 0.15) is 0 Å². The maximum Gasteiger partial charge on any atom is 0 e. The van der Waals surface area contributed by atoms with Crippen LogP contribution in [-0.4, -0.2) is 104 Å². The minimum absolute atomic E-state index is 0. The van der Waals surface area contributed by atoms with Crippen molar-refractivity contribution in [3.8, 4) is 0 Å². The van der Waals surface area contributed by atoms with Gasteiger partial charge in [-0.2, -0.15) is 0 Å². The van der Waals surface area contributed by atoms with E-state index in [9.17, 15) is 0 Å². The van der Waals surface area contributed by atoms with Gasteiger partial charge in [0.2, 0.25) is 0 Å². The van der Waals surface area contributed by atoms with Crippen molar-refractivity contribution in [1.82, 2.24) is 0 Å². The Morgan fingerprint density at radius 1 is 0.357 bits per heavy atom. The Labute approximate surface area is 395 Å². The summed E-state index contributed by atoms with van der Waals surface area (Å²) in [6.45, 7) is 25.8. The second-order valence-electron chi connectivity index (χ2n) is 16.7. The zero-order valence-electron chi connectivity index (χ0n) is 37.6. The summed E-state index contributed by atoms with van der Waals surface area (Å²) in [7, 11) is 0. The third-order valence-electron chi connectivity index (χ3n) is 11.2. The maximum atomic E-state index is 3.90. The molecule has 0 aromatic carbocycles. The summed E-state index contributed by atoms with van der Waals surface area (Å²) in [5.41, 5.74) is 6.54. The largest absolute Gasteiger partial charge is 0 e. The first kappa shape index (κ1) is 58.4. The molecule has 5 aliphatic heterocycles. The number of hydrogen-bond acceptors (Lipinski definition) is 9. The Morgan fingerprint density at radius 2 is 0.607 bits per heavy atom. The van der Waals surface area contributed by atoms with E-state index in [0.717, 1.165) is 0 Å². The van der Waals surface area contributed by atoms with Crippen LogP contribution in [0.3, 0.4) is 0 Å². The van der Waals surface area contributed by atoms with Gasteiger partial charge in [-0.05, 0) is 0 Å². The fraction of sp³-hybridized carbons (Fsp3) is 0.900. The first-order valence-electron chi connectivity index (χ1n) is 23.4. The van der Waals surface area contributed by atoms with Crippen molar-refractivity contribution in [2.24, 2.45) is 0 Å². The molecule has 5 fully saturated rings. The van der Waals surface area contributed by atoms with Gasteiger partial charge in [0.25, 0.3) is 0 Å². The first-order valence-corrected chi connectivity index (χ1v) is 113. The molecule has 0 aromatic rings. The van der Waals surface area contributed by atoms with Crippen LogP contribution < -0.4 is 0 Å². The summed E-state index contributed by atoms with van der Waals surface area (Å²) in [5, 5.41) is 0. The molecule has 5 rings (SSSR count). The van der Waals surface area contributed by atoms with E-state index < -0.39 is 104 Å². The molecule has 5 aliphatic rings. The smallest absolute Gasteiger partial charge is 0 e. The van der Waals surface area contributed by atoms with E-state index in [0.29, 0.717) is 0 Å². The van der Waals surface area contributed by atoms with Crippen molar-refractivity contribution < 1.29 is 5.71 Å². The van der Waals surface area contributed by atoms with E-state index in [1.165, 1.54) is 89.9 Å². The van der Waals surface area contributed by atoms with Gasteiger partial charge in [0.15, 0.2) is 0 Å². The van der Waals surface area contributed by atoms with Gasteiger partial charge < -0.3 is 0 Å². The molecule has 0 amide bonds. The summed E-state index contributed by atoms with van der Waals surface area (Å²) < 4.78 is 18.0. The van der Waals surface area contributed by atoms with Gasteiger partial charge >= 0.3 is 399 Å². The molecule has 56 heavy (non-hydrogen) atoms. The van der Waals surface area contributed by atoms with Crippen LogP contribution in [0.25, 0.3) is 0 Å². The molecule has 0 radical (unpaired) electrons. The monoisotopic (exact) mass is 1700 g/mol. The van der Waals surface area contributed by atoms with Crippen LogP contribution in [0.5, 0.6) is 0 Å². The Kier molecular flexibility index (Phi) is 31.9. The molecule has 5 heterocycles. The minimum Gasteiger partial charge on any atom is 0 e. The fourth-order valence-electron chi connectivity index (χ4n) is 8.15. The average Bonchev–Trinajstić information content (AvgIpc) is 3.19. The van der Waals surface area contributed by atoms with Crippen molar-refractivity contribution in [3.63, 3.8) is 0 Å². The van der Waals surface area contributed by atoms with Crippen molar-refractivity contribution in [2.75, 3.05) is 0 Å². The normalized spacial score (nSPS) is 29.3. The molecule has 0 N–H and O–H groups in total. The van der Waals surface area contributed by atoms with E-state index >= 15 is 0 Å². The second-order valence-corrected chi connectivity index (χ2v) is 297. The molecule has 4 bridgehead atoms. The Morgan fingerprint density at radius 3 is 0.857 bits per heavy atom. The molecule has 0 saturated carbocycles. The molecule has 0 nitrogen and oxygen atoms in total. The van der Waals surface area contributed by atoms with Crippen molar-refractivity contribution in [1.29, 1.82) is 0 Å². The van der Waals surface area contributed by atoms with Crippen LogP contribution in [0.1, 0.15) is 184 Å². The van der Waals surface area contributed by atoms with Gasteiger partial charge in [-0.15, -0.1) is 0 Å². The van der Waals surface area contributed by atoms with Crippen LogP contribution in [0, 0.1) is 0 Å². The van der Waals surface area contributed by atoms with Gasteiger partial charge in [-0.25, -0.2) is 0 Å². The van der Waals surface area contributed by atoms with Crippen LogP contribution in [-0.2, 0) is 0 Å². The van der Waals surface area contributed by atoms with Gasteiger partial charge in [0.05, 0.1) is 0 Å². The van der Waals surface area contributed by atoms with Crippen LogP contribution >= 0.6 is 55.2 Å². The second kappa shape index (κ2) is 30.6. The topological polar surface area (TPSA) is 0 Å². The zero-order valence-corrected chi connectivity index (χ0v) is 64.9. The summed E-state index contributed by atoms with van der Waals surface area (Å²) in [4.78, 5) is 0. The van der Waals surface area contributed by atoms with Crippen molar-refractivity contribution >= 4 is 159 Å². The molecule has 0 aromatic heterocycles. The van der Waals surface area contributed by atoms with E-state index in [1.54, 1.807) is 65.6 Å². The summed E-state index contributed by atoms with van der Waals surface area (Å²) in [5.74, 6) is 0. The Hall–Kier alpha value is 8.04. The first-order chi connectivity index (χ1) is 27.0. The number of rotatable bonds is 28. The third kappa shape index (κ3) is 18.4. The Balaban J connectivity index is 0. The van der Waals surface area contributed by atoms with E-state index in [1.807, 2.05) is 0 Å². The molecule has 334 valence electrons. The third-order valence-corrected chi connectivity index (χ3v) is 805. The molecule has 0 aliphatic carbocycles. The molecule has 0 unspecified atom stereocenters. The van der Waals surface area contributed by atoms with Crippen LogP contribution in [0.2, 0.25) is 39.9 Å². The maximum absolute atomic E-state index is 3.90. The van der Waals surface area contributed by atoms with E-state index in [-0.39, 0.29) is 5.71 Å². The average molecular weight is 1690 g/mol. The van der Waals surface area contributed by atoms with Crippen molar-refractivity contribution in [2.45, 2.75) is 218 Å².